The lowest BCUT2D eigenvalue weighted by atomic mass is 10.2. The van der Waals surface area contributed by atoms with Crippen LogP contribution in [0.4, 0.5) is 0 Å². The second-order valence-corrected chi connectivity index (χ2v) is 2.91. The number of rotatable bonds is 2. The molecule has 0 unspecified atom stereocenters. The molecule has 0 heterocycles. The summed E-state index contributed by atoms with van der Waals surface area (Å²) >= 11 is 0. The fourth-order valence-corrected chi connectivity index (χ4v) is 1.10. The van der Waals surface area contributed by atoms with Gasteiger partial charge in [-0.3, -0.25) is 0 Å². The minimum atomic E-state index is 1.01. The lowest BCUT2D eigenvalue weighted by molar-refractivity contribution is 0.958. The summed E-state index contributed by atoms with van der Waals surface area (Å²) in [5.74, 6) is 0. The van der Waals surface area contributed by atoms with Crippen LogP contribution in [0.15, 0.2) is 47.9 Å². The van der Waals surface area contributed by atoms with E-state index in [1.165, 1.54) is 11.3 Å². The third kappa shape index (κ3) is 2.79. The number of nitrogens with one attached hydrogen (secondary N) is 1. The molecular weight excluding hydrogens is 146 g/mol. The van der Waals surface area contributed by atoms with Crippen molar-refractivity contribution in [1.29, 1.82) is 0 Å². The molecule has 0 saturated carbocycles. The maximum absolute atomic E-state index is 3.23. The minimum Gasteiger partial charge on any atom is -0.365 e. The zero-order valence-corrected chi connectivity index (χ0v) is 7.67. The largest absolute Gasteiger partial charge is 0.365 e. The second kappa shape index (κ2) is 4.60. The summed E-state index contributed by atoms with van der Waals surface area (Å²) in [5.41, 5.74) is 2.63. The van der Waals surface area contributed by atoms with Gasteiger partial charge in [0.1, 0.15) is 0 Å². The molecule has 0 spiro atoms. The van der Waals surface area contributed by atoms with E-state index in [4.69, 9.17) is 0 Å². The van der Waals surface area contributed by atoms with E-state index in [2.05, 4.69) is 36.5 Å². The molecule has 12 heavy (non-hydrogen) atoms. The van der Waals surface area contributed by atoms with Gasteiger partial charge in [-0.1, -0.05) is 29.9 Å². The predicted octanol–water partition coefficient (Wildman–Crippen LogP) is 2.90. The van der Waals surface area contributed by atoms with Crippen molar-refractivity contribution in [3.63, 3.8) is 0 Å². The molecule has 0 aromatic carbocycles. The van der Waals surface area contributed by atoms with E-state index >= 15 is 0 Å². The van der Waals surface area contributed by atoms with Gasteiger partial charge in [-0.05, 0) is 26.1 Å². The van der Waals surface area contributed by atoms with Crippen molar-refractivity contribution in [3.8, 4) is 0 Å². The van der Waals surface area contributed by atoms with Crippen LogP contribution in [0.25, 0.3) is 0 Å². The van der Waals surface area contributed by atoms with Crippen LogP contribution in [0.3, 0.4) is 0 Å². The molecular formula is C11H15N. The zero-order valence-electron chi connectivity index (χ0n) is 7.67. The second-order valence-electron chi connectivity index (χ2n) is 2.91. The van der Waals surface area contributed by atoms with Gasteiger partial charge in [0.15, 0.2) is 0 Å². The minimum absolute atomic E-state index is 1.01. The van der Waals surface area contributed by atoms with Crippen LogP contribution in [0.2, 0.25) is 0 Å². The smallest absolute Gasteiger partial charge is 0.0187 e. The molecule has 1 heteroatoms. The molecule has 0 aromatic heterocycles. The first kappa shape index (κ1) is 8.85. The molecule has 64 valence electrons. The Morgan fingerprint density at radius 3 is 2.83 bits per heavy atom. The highest BCUT2D eigenvalue weighted by Gasteiger charge is 1.96. The Bertz CT molecular complexity index is 254. The van der Waals surface area contributed by atoms with Gasteiger partial charge in [0.05, 0.1) is 0 Å². The molecule has 0 atom stereocenters. The maximum atomic E-state index is 3.23. The molecule has 0 amide bonds. The first-order valence-electron chi connectivity index (χ1n) is 4.23. The van der Waals surface area contributed by atoms with Crippen LogP contribution in [0.1, 0.15) is 20.3 Å². The molecule has 0 radical (unpaired) electrons. The maximum Gasteiger partial charge on any atom is 0.0187 e. The highest BCUT2D eigenvalue weighted by Crippen LogP contribution is 2.11. The molecule has 0 fully saturated rings. The normalized spacial score (nSPS) is 17.2. The first-order valence-corrected chi connectivity index (χ1v) is 4.23. The van der Waals surface area contributed by atoms with Crippen molar-refractivity contribution in [1.82, 2.24) is 5.32 Å². The van der Waals surface area contributed by atoms with Crippen LogP contribution >= 0.6 is 0 Å². The average molecular weight is 161 g/mol. The van der Waals surface area contributed by atoms with Gasteiger partial charge in [-0.15, -0.1) is 0 Å². The van der Waals surface area contributed by atoms with E-state index in [1.54, 1.807) is 0 Å². The van der Waals surface area contributed by atoms with Crippen molar-refractivity contribution in [2.75, 3.05) is 0 Å². The van der Waals surface area contributed by atoms with Gasteiger partial charge >= 0.3 is 0 Å². The van der Waals surface area contributed by atoms with Gasteiger partial charge < -0.3 is 5.32 Å². The van der Waals surface area contributed by atoms with Crippen LogP contribution in [0.5, 0.6) is 0 Å². The fraction of sp³-hybridized carbons (Fsp3) is 0.273. The highest BCUT2D eigenvalue weighted by molar-refractivity contribution is 5.27. The fourth-order valence-electron chi connectivity index (χ4n) is 1.10. The third-order valence-corrected chi connectivity index (χ3v) is 1.69. The van der Waals surface area contributed by atoms with Gasteiger partial charge in [0.2, 0.25) is 0 Å². The molecule has 0 saturated heterocycles. The quantitative estimate of drug-likeness (QED) is 0.656. The summed E-state index contributed by atoms with van der Waals surface area (Å²) in [6, 6.07) is 0. The topological polar surface area (TPSA) is 12.0 Å². The predicted molar refractivity (Wildman–Crippen MR) is 53.5 cm³/mol. The van der Waals surface area contributed by atoms with Crippen LogP contribution < -0.4 is 5.32 Å². The van der Waals surface area contributed by atoms with E-state index in [0.717, 1.165) is 6.42 Å². The van der Waals surface area contributed by atoms with Crippen LogP contribution in [-0.2, 0) is 0 Å². The van der Waals surface area contributed by atoms with Crippen molar-refractivity contribution < 1.29 is 0 Å². The molecule has 1 N–H and O–H groups in total. The molecule has 1 nitrogen and oxygen atoms in total. The summed E-state index contributed by atoms with van der Waals surface area (Å²) in [4.78, 5) is 0. The Kier molecular flexibility index (Phi) is 3.39. The Balaban J connectivity index is 2.60. The molecule has 1 aliphatic carbocycles. The lowest BCUT2D eigenvalue weighted by Gasteiger charge is -2.04. The van der Waals surface area contributed by atoms with E-state index in [-0.39, 0.29) is 0 Å². The summed E-state index contributed by atoms with van der Waals surface area (Å²) in [5, 5.41) is 3.23. The van der Waals surface area contributed by atoms with Gasteiger partial charge in [0.25, 0.3) is 0 Å². The number of allylic oxidation sites excluding steroid dienone is 6. The first-order chi connectivity index (χ1) is 5.83. The zero-order chi connectivity index (χ0) is 8.81. The Hall–Kier alpha value is -1.24. The van der Waals surface area contributed by atoms with E-state index in [0.29, 0.717) is 0 Å². The van der Waals surface area contributed by atoms with E-state index in [9.17, 15) is 0 Å². The average Bonchev–Trinajstić information content (AvgIpc) is 2.26. The third-order valence-electron chi connectivity index (χ3n) is 1.69. The molecule has 1 aliphatic rings. The van der Waals surface area contributed by atoms with Crippen molar-refractivity contribution in [3.05, 3.63) is 47.9 Å². The Morgan fingerprint density at radius 2 is 2.08 bits per heavy atom. The van der Waals surface area contributed by atoms with Gasteiger partial charge in [0, 0.05) is 12.1 Å². The molecule has 1 rings (SSSR count). The standard InChI is InChI=1S/C11H15N/c1-3-8-12-11-7-5-4-6-10(2)9-11/h3-8,12H,9H2,1-2H3/b8-3-. The highest BCUT2D eigenvalue weighted by atomic mass is 14.8. The van der Waals surface area contributed by atoms with Crippen LogP contribution in [-0.4, -0.2) is 0 Å². The summed E-state index contributed by atoms with van der Waals surface area (Å²) < 4.78 is 0. The number of hydrogen-bond acceptors (Lipinski definition) is 1. The number of hydrogen-bond donors (Lipinski definition) is 1. The van der Waals surface area contributed by atoms with Crippen molar-refractivity contribution >= 4 is 0 Å². The Morgan fingerprint density at radius 1 is 1.33 bits per heavy atom. The summed E-state index contributed by atoms with van der Waals surface area (Å²) in [7, 11) is 0. The SMILES string of the molecule is C/C=C\NC1=CC=CC=C(C)C1. The monoisotopic (exact) mass is 161 g/mol. The molecule has 0 aromatic rings. The van der Waals surface area contributed by atoms with E-state index in [1.807, 2.05) is 19.2 Å². The lowest BCUT2D eigenvalue weighted by Crippen LogP contribution is -2.04. The summed E-state index contributed by atoms with van der Waals surface area (Å²) in [6.45, 7) is 4.14. The van der Waals surface area contributed by atoms with Gasteiger partial charge in [-0.2, -0.15) is 0 Å². The van der Waals surface area contributed by atoms with Gasteiger partial charge in [-0.25, -0.2) is 0 Å². The van der Waals surface area contributed by atoms with Crippen LogP contribution in [0, 0.1) is 0 Å². The van der Waals surface area contributed by atoms with Crippen molar-refractivity contribution in [2.45, 2.75) is 20.3 Å². The van der Waals surface area contributed by atoms with Crippen molar-refractivity contribution in [2.24, 2.45) is 0 Å². The molecule has 0 aliphatic heterocycles. The molecule has 0 bridgehead atoms. The Labute approximate surface area is 74.2 Å². The van der Waals surface area contributed by atoms with E-state index < -0.39 is 0 Å². The summed E-state index contributed by atoms with van der Waals surface area (Å²) in [6.07, 6.45) is 13.3.